The highest BCUT2D eigenvalue weighted by Gasteiger charge is 2.14. The summed E-state index contributed by atoms with van der Waals surface area (Å²) in [5, 5.41) is 10.2. The Kier molecular flexibility index (Phi) is 5.83. The van der Waals surface area contributed by atoms with Crippen LogP contribution in [0, 0.1) is 12.7 Å². The number of benzene rings is 1. The summed E-state index contributed by atoms with van der Waals surface area (Å²) in [5.41, 5.74) is 0. The second kappa shape index (κ2) is 8.26. The first-order valence-electron chi connectivity index (χ1n) is 7.61. The van der Waals surface area contributed by atoms with Crippen molar-refractivity contribution in [3.63, 3.8) is 0 Å². The number of thioether (sulfide) groups is 1. The van der Waals surface area contributed by atoms with Crippen LogP contribution in [0.5, 0.6) is 5.75 Å². The number of allylic oxidation sites excluding steroid dienone is 1. The van der Waals surface area contributed by atoms with E-state index in [0.29, 0.717) is 12.4 Å². The van der Waals surface area contributed by atoms with Gasteiger partial charge in [0.15, 0.2) is 22.5 Å². The standard InChI is InChI=1S/C17H17FN4OS2/c1-3-8-22-16(10-23-15-7-5-4-6-14(15)18)20-21-17(22)24-11-13-9-19-12(2)25-13/h3-7,9H,1,8,10-11H2,2H3. The average molecular weight is 376 g/mol. The summed E-state index contributed by atoms with van der Waals surface area (Å²) in [6.45, 7) is 6.46. The van der Waals surface area contributed by atoms with Crippen molar-refractivity contribution in [2.45, 2.75) is 31.0 Å². The van der Waals surface area contributed by atoms with Crippen molar-refractivity contribution in [3.05, 3.63) is 64.6 Å². The molecule has 0 radical (unpaired) electrons. The van der Waals surface area contributed by atoms with Crippen molar-refractivity contribution in [3.8, 4) is 5.75 Å². The molecule has 0 N–H and O–H groups in total. The fourth-order valence-electron chi connectivity index (χ4n) is 2.16. The van der Waals surface area contributed by atoms with Crippen molar-refractivity contribution >= 4 is 23.1 Å². The van der Waals surface area contributed by atoms with Gasteiger partial charge in [0, 0.05) is 23.4 Å². The van der Waals surface area contributed by atoms with E-state index in [0.717, 1.165) is 15.9 Å². The molecule has 3 aromatic rings. The SMILES string of the molecule is C=CCn1c(COc2ccccc2F)nnc1SCc1cnc(C)s1. The molecule has 2 aromatic heterocycles. The number of para-hydroxylation sites is 1. The van der Waals surface area contributed by atoms with E-state index in [1.807, 2.05) is 17.7 Å². The Balaban J connectivity index is 1.70. The van der Waals surface area contributed by atoms with Crippen molar-refractivity contribution < 1.29 is 9.13 Å². The molecule has 0 aliphatic heterocycles. The minimum absolute atomic E-state index is 0.141. The summed E-state index contributed by atoms with van der Waals surface area (Å²) in [6, 6.07) is 6.30. The van der Waals surface area contributed by atoms with E-state index < -0.39 is 5.82 Å². The fraction of sp³-hybridized carbons (Fsp3) is 0.235. The number of nitrogens with zero attached hydrogens (tertiary/aromatic N) is 4. The van der Waals surface area contributed by atoms with Crippen LogP contribution in [-0.2, 0) is 18.9 Å². The predicted molar refractivity (Wildman–Crippen MR) is 97.4 cm³/mol. The maximum Gasteiger partial charge on any atom is 0.191 e. The largest absolute Gasteiger partial charge is 0.483 e. The van der Waals surface area contributed by atoms with Crippen LogP contribution in [0.4, 0.5) is 4.39 Å². The van der Waals surface area contributed by atoms with Gasteiger partial charge in [-0.05, 0) is 19.1 Å². The van der Waals surface area contributed by atoms with Crippen molar-refractivity contribution in [2.24, 2.45) is 0 Å². The Hall–Kier alpha value is -2.19. The summed E-state index contributed by atoms with van der Waals surface area (Å²) in [5.74, 6) is 1.21. The predicted octanol–water partition coefficient (Wildman–Crippen LogP) is 4.24. The molecule has 0 fully saturated rings. The van der Waals surface area contributed by atoms with Gasteiger partial charge in [-0.2, -0.15) is 0 Å². The summed E-state index contributed by atoms with van der Waals surface area (Å²) in [6.07, 6.45) is 3.65. The Bertz CT molecular complexity index is 862. The van der Waals surface area contributed by atoms with Gasteiger partial charge in [0.25, 0.3) is 0 Å². The van der Waals surface area contributed by atoms with Crippen LogP contribution in [0.15, 0.2) is 48.3 Å². The lowest BCUT2D eigenvalue weighted by atomic mass is 10.3. The van der Waals surface area contributed by atoms with E-state index in [1.165, 1.54) is 10.9 Å². The number of aryl methyl sites for hydroxylation is 1. The zero-order chi connectivity index (χ0) is 17.6. The monoisotopic (exact) mass is 376 g/mol. The Morgan fingerprint density at radius 1 is 1.36 bits per heavy atom. The van der Waals surface area contributed by atoms with Crippen LogP contribution in [0.25, 0.3) is 0 Å². The topological polar surface area (TPSA) is 52.8 Å². The third-order valence-corrected chi connectivity index (χ3v) is 5.42. The van der Waals surface area contributed by atoms with Crippen LogP contribution in [0.1, 0.15) is 15.7 Å². The number of hydrogen-bond acceptors (Lipinski definition) is 6. The maximum atomic E-state index is 13.7. The summed E-state index contributed by atoms with van der Waals surface area (Å²) in [4.78, 5) is 5.44. The lowest BCUT2D eigenvalue weighted by molar-refractivity contribution is 0.275. The minimum Gasteiger partial charge on any atom is -0.483 e. The second-order valence-electron chi connectivity index (χ2n) is 5.15. The van der Waals surface area contributed by atoms with Crippen LogP contribution in [-0.4, -0.2) is 19.7 Å². The summed E-state index contributed by atoms with van der Waals surface area (Å²) in [7, 11) is 0. The number of ether oxygens (including phenoxy) is 1. The maximum absolute atomic E-state index is 13.7. The Labute approximate surface area is 153 Å². The first kappa shape index (κ1) is 17.6. The van der Waals surface area contributed by atoms with Gasteiger partial charge in [0.2, 0.25) is 0 Å². The van der Waals surface area contributed by atoms with Gasteiger partial charge >= 0.3 is 0 Å². The molecule has 8 heteroatoms. The molecule has 0 spiro atoms. The van der Waals surface area contributed by atoms with Gasteiger partial charge in [-0.15, -0.1) is 28.1 Å². The zero-order valence-electron chi connectivity index (χ0n) is 13.7. The zero-order valence-corrected chi connectivity index (χ0v) is 15.3. The van der Waals surface area contributed by atoms with E-state index in [1.54, 1.807) is 47.4 Å². The number of thiazole rings is 1. The van der Waals surface area contributed by atoms with Crippen LogP contribution in [0.2, 0.25) is 0 Å². The minimum atomic E-state index is -0.396. The number of halogens is 1. The van der Waals surface area contributed by atoms with Crippen molar-refractivity contribution in [2.75, 3.05) is 0 Å². The van der Waals surface area contributed by atoms with Gasteiger partial charge < -0.3 is 4.74 Å². The van der Waals surface area contributed by atoms with Gasteiger partial charge in [-0.3, -0.25) is 4.57 Å². The molecule has 1 aromatic carbocycles. The molecule has 0 saturated carbocycles. The van der Waals surface area contributed by atoms with E-state index in [-0.39, 0.29) is 12.4 Å². The first-order chi connectivity index (χ1) is 12.2. The number of hydrogen-bond donors (Lipinski definition) is 0. The van der Waals surface area contributed by atoms with Gasteiger partial charge in [0.05, 0.1) is 5.01 Å². The first-order valence-corrected chi connectivity index (χ1v) is 9.42. The van der Waals surface area contributed by atoms with Gasteiger partial charge in [-0.1, -0.05) is 30.0 Å². The third-order valence-electron chi connectivity index (χ3n) is 3.31. The fourth-order valence-corrected chi connectivity index (χ4v) is 3.94. The van der Waals surface area contributed by atoms with Crippen LogP contribution in [0.3, 0.4) is 0 Å². The molecular formula is C17H17FN4OS2. The summed E-state index contributed by atoms with van der Waals surface area (Å²) >= 11 is 3.25. The molecular weight excluding hydrogens is 359 g/mol. The van der Waals surface area contributed by atoms with Crippen LogP contribution < -0.4 is 4.74 Å². The Morgan fingerprint density at radius 3 is 2.92 bits per heavy atom. The van der Waals surface area contributed by atoms with Gasteiger partial charge in [-0.25, -0.2) is 9.37 Å². The molecule has 130 valence electrons. The molecule has 2 heterocycles. The molecule has 25 heavy (non-hydrogen) atoms. The highest BCUT2D eigenvalue weighted by atomic mass is 32.2. The van der Waals surface area contributed by atoms with E-state index in [9.17, 15) is 4.39 Å². The van der Waals surface area contributed by atoms with Gasteiger partial charge in [0.1, 0.15) is 6.61 Å². The van der Waals surface area contributed by atoms with E-state index >= 15 is 0 Å². The molecule has 0 unspecified atom stereocenters. The molecule has 0 amide bonds. The Morgan fingerprint density at radius 2 is 2.20 bits per heavy atom. The summed E-state index contributed by atoms with van der Waals surface area (Å²) < 4.78 is 21.1. The molecule has 5 nitrogen and oxygen atoms in total. The lowest BCUT2D eigenvalue weighted by Gasteiger charge is -2.09. The average Bonchev–Trinajstić information content (AvgIpc) is 3.19. The molecule has 0 atom stereocenters. The molecule has 0 aliphatic carbocycles. The highest BCUT2D eigenvalue weighted by molar-refractivity contribution is 7.98. The third kappa shape index (κ3) is 4.46. The second-order valence-corrected chi connectivity index (χ2v) is 7.41. The molecule has 0 saturated heterocycles. The smallest absolute Gasteiger partial charge is 0.191 e. The quantitative estimate of drug-likeness (QED) is 0.435. The highest BCUT2D eigenvalue weighted by Crippen LogP contribution is 2.25. The van der Waals surface area contributed by atoms with Crippen molar-refractivity contribution in [1.29, 1.82) is 0 Å². The lowest BCUT2D eigenvalue weighted by Crippen LogP contribution is -2.08. The van der Waals surface area contributed by atoms with E-state index in [4.69, 9.17) is 4.74 Å². The van der Waals surface area contributed by atoms with Crippen LogP contribution >= 0.6 is 23.1 Å². The normalized spacial score (nSPS) is 10.8. The molecule has 0 aliphatic rings. The molecule has 0 bridgehead atoms. The van der Waals surface area contributed by atoms with E-state index in [2.05, 4.69) is 21.8 Å². The number of rotatable bonds is 8. The van der Waals surface area contributed by atoms with Crippen molar-refractivity contribution in [1.82, 2.24) is 19.7 Å². The number of aromatic nitrogens is 4. The molecule has 3 rings (SSSR count).